The molecule has 1 amide bonds. The molecular weight excluding hydrogens is 396 g/mol. The van der Waals surface area contributed by atoms with Crippen molar-refractivity contribution in [2.45, 2.75) is 20.4 Å². The summed E-state index contributed by atoms with van der Waals surface area (Å²) < 4.78 is 29.1. The monoisotopic (exact) mass is 419 g/mol. The molecule has 0 spiro atoms. The number of hydrogen-bond donors (Lipinski definition) is 0. The normalized spacial score (nSPS) is 11.3. The van der Waals surface area contributed by atoms with Crippen molar-refractivity contribution >= 4 is 16.9 Å². The fourth-order valence-corrected chi connectivity index (χ4v) is 3.69. The van der Waals surface area contributed by atoms with Gasteiger partial charge in [0.1, 0.15) is 5.82 Å². The number of aromatic nitrogens is 2. The van der Waals surface area contributed by atoms with E-state index in [9.17, 15) is 13.6 Å². The second-order valence-electron chi connectivity index (χ2n) is 7.90. The van der Waals surface area contributed by atoms with Crippen molar-refractivity contribution in [3.63, 3.8) is 0 Å². The van der Waals surface area contributed by atoms with E-state index in [1.54, 1.807) is 4.90 Å². The molecule has 0 N–H and O–H groups in total. The summed E-state index contributed by atoms with van der Waals surface area (Å²) >= 11 is 0. The molecule has 6 heteroatoms. The van der Waals surface area contributed by atoms with Gasteiger partial charge in [0.25, 0.3) is 5.91 Å². The Morgan fingerprint density at radius 3 is 2.39 bits per heavy atom. The topological polar surface area (TPSA) is 38.1 Å². The highest BCUT2D eigenvalue weighted by molar-refractivity contribution is 5.94. The summed E-state index contributed by atoms with van der Waals surface area (Å²) in [7, 11) is 0. The van der Waals surface area contributed by atoms with Gasteiger partial charge in [-0.05, 0) is 48.4 Å². The number of amides is 1. The Bertz CT molecular complexity index is 1220. The van der Waals surface area contributed by atoms with Gasteiger partial charge < -0.3 is 4.90 Å². The molecule has 158 valence electrons. The van der Waals surface area contributed by atoms with Crippen LogP contribution in [0.5, 0.6) is 0 Å². The first-order valence-electron chi connectivity index (χ1n) is 10.2. The number of fused-ring (bicyclic) bond motifs is 1. The van der Waals surface area contributed by atoms with Gasteiger partial charge >= 0.3 is 0 Å². The maximum Gasteiger partial charge on any atom is 0.254 e. The summed E-state index contributed by atoms with van der Waals surface area (Å²) in [5, 5.41) is 0. The van der Waals surface area contributed by atoms with Crippen LogP contribution in [0.4, 0.5) is 8.78 Å². The molecule has 0 aliphatic heterocycles. The van der Waals surface area contributed by atoms with Gasteiger partial charge in [0.15, 0.2) is 11.6 Å². The molecule has 4 nitrogen and oxygen atoms in total. The average Bonchev–Trinajstić information content (AvgIpc) is 3.13. The third kappa shape index (κ3) is 4.33. The van der Waals surface area contributed by atoms with Gasteiger partial charge in [-0.25, -0.2) is 13.8 Å². The minimum Gasteiger partial charge on any atom is -0.331 e. The maximum atomic E-state index is 13.8. The highest BCUT2D eigenvalue weighted by Gasteiger charge is 2.22. The molecule has 0 bridgehead atoms. The minimum atomic E-state index is -1.04. The van der Waals surface area contributed by atoms with E-state index < -0.39 is 11.6 Å². The lowest BCUT2D eigenvalue weighted by molar-refractivity contribution is 0.0717. The zero-order valence-corrected chi connectivity index (χ0v) is 17.4. The fraction of sp³-hybridized carbons (Fsp3) is 0.200. The molecule has 0 unspecified atom stereocenters. The quantitative estimate of drug-likeness (QED) is 0.408. The molecule has 1 aromatic heterocycles. The van der Waals surface area contributed by atoms with Crippen molar-refractivity contribution in [3.05, 3.63) is 95.8 Å². The zero-order chi connectivity index (χ0) is 22.0. The van der Waals surface area contributed by atoms with Gasteiger partial charge in [-0.2, -0.15) is 0 Å². The van der Waals surface area contributed by atoms with Gasteiger partial charge in [0, 0.05) is 17.8 Å². The van der Waals surface area contributed by atoms with E-state index in [1.807, 2.05) is 73.0 Å². The van der Waals surface area contributed by atoms with Crippen LogP contribution in [-0.2, 0) is 6.54 Å². The first-order chi connectivity index (χ1) is 14.9. The van der Waals surface area contributed by atoms with Crippen LogP contribution in [0.3, 0.4) is 0 Å². The van der Waals surface area contributed by atoms with E-state index >= 15 is 0 Å². The van der Waals surface area contributed by atoms with Crippen molar-refractivity contribution in [2.75, 3.05) is 6.54 Å². The second kappa shape index (κ2) is 8.68. The fourth-order valence-electron chi connectivity index (χ4n) is 3.69. The minimum absolute atomic E-state index is 0.113. The van der Waals surface area contributed by atoms with Gasteiger partial charge in [0.05, 0.1) is 17.6 Å². The summed E-state index contributed by atoms with van der Waals surface area (Å²) in [5.41, 5.74) is 2.82. The number of halogens is 2. The molecular formula is C25H23F2N3O. The smallest absolute Gasteiger partial charge is 0.254 e. The van der Waals surface area contributed by atoms with E-state index in [4.69, 9.17) is 4.98 Å². The highest BCUT2D eigenvalue weighted by atomic mass is 19.2. The molecule has 0 aliphatic carbocycles. The number of nitrogens with zero attached hydrogens (tertiary/aromatic N) is 3. The number of carbonyl (C=O) groups is 1. The average molecular weight is 419 g/mol. The molecule has 1 heterocycles. The van der Waals surface area contributed by atoms with Crippen LogP contribution in [0.15, 0.2) is 72.8 Å². The maximum absolute atomic E-state index is 13.8. The predicted octanol–water partition coefficient (Wildman–Crippen LogP) is 5.60. The van der Waals surface area contributed by atoms with E-state index in [1.165, 1.54) is 6.07 Å². The molecule has 0 aliphatic rings. The van der Waals surface area contributed by atoms with Crippen LogP contribution in [0.25, 0.3) is 16.7 Å². The lowest BCUT2D eigenvalue weighted by atomic mass is 10.1. The van der Waals surface area contributed by atoms with Gasteiger partial charge in [-0.1, -0.05) is 44.2 Å². The Kier molecular flexibility index (Phi) is 5.80. The zero-order valence-electron chi connectivity index (χ0n) is 17.4. The summed E-state index contributed by atoms with van der Waals surface area (Å²) in [6, 6.07) is 20.9. The van der Waals surface area contributed by atoms with Crippen LogP contribution in [0.1, 0.15) is 30.0 Å². The predicted molar refractivity (Wildman–Crippen MR) is 117 cm³/mol. The van der Waals surface area contributed by atoms with Gasteiger partial charge in [-0.3, -0.25) is 9.36 Å². The van der Waals surface area contributed by atoms with E-state index in [0.717, 1.165) is 28.9 Å². The summed E-state index contributed by atoms with van der Waals surface area (Å²) in [4.78, 5) is 19.6. The highest BCUT2D eigenvalue weighted by Crippen LogP contribution is 2.23. The number of hydrogen-bond acceptors (Lipinski definition) is 2. The Morgan fingerprint density at radius 1 is 0.968 bits per heavy atom. The van der Waals surface area contributed by atoms with Crippen LogP contribution in [0, 0.1) is 17.6 Å². The molecule has 0 saturated carbocycles. The summed E-state index contributed by atoms with van der Waals surface area (Å²) in [5.74, 6) is -1.49. The van der Waals surface area contributed by atoms with Crippen LogP contribution in [-0.4, -0.2) is 26.9 Å². The standard InChI is InChI=1S/C25H23F2N3O/c1-17(2)15-29(25(31)18-12-13-20(26)21(27)14-18)16-24-28-22-10-6-7-11-23(22)30(24)19-8-4-3-5-9-19/h3-14,17H,15-16H2,1-2H3. The lowest BCUT2D eigenvalue weighted by Crippen LogP contribution is -2.34. The van der Waals surface area contributed by atoms with Crippen molar-refractivity contribution in [1.29, 1.82) is 0 Å². The van der Waals surface area contributed by atoms with Crippen LogP contribution < -0.4 is 0 Å². The Hall–Kier alpha value is -3.54. The van der Waals surface area contributed by atoms with Crippen molar-refractivity contribution in [3.8, 4) is 5.69 Å². The van der Waals surface area contributed by atoms with Crippen LogP contribution >= 0.6 is 0 Å². The van der Waals surface area contributed by atoms with E-state index in [2.05, 4.69) is 0 Å². The Morgan fingerprint density at radius 2 is 1.68 bits per heavy atom. The molecule has 0 saturated heterocycles. The molecule has 4 aromatic rings. The SMILES string of the molecule is CC(C)CN(Cc1nc2ccccc2n1-c1ccccc1)C(=O)c1ccc(F)c(F)c1. The molecule has 4 rings (SSSR count). The molecule has 0 radical (unpaired) electrons. The molecule has 0 fully saturated rings. The number of carbonyl (C=O) groups excluding carboxylic acids is 1. The second-order valence-corrected chi connectivity index (χ2v) is 7.90. The number of para-hydroxylation sites is 3. The van der Waals surface area contributed by atoms with E-state index in [-0.39, 0.29) is 23.9 Å². The van der Waals surface area contributed by atoms with E-state index in [0.29, 0.717) is 12.4 Å². The Labute approximate surface area is 179 Å². The Balaban J connectivity index is 1.77. The van der Waals surface area contributed by atoms with Crippen molar-refractivity contribution in [1.82, 2.24) is 14.5 Å². The third-order valence-corrected chi connectivity index (χ3v) is 5.02. The van der Waals surface area contributed by atoms with Crippen molar-refractivity contribution in [2.24, 2.45) is 5.92 Å². The summed E-state index contributed by atoms with van der Waals surface area (Å²) in [6.07, 6.45) is 0. The lowest BCUT2D eigenvalue weighted by Gasteiger charge is -2.25. The number of benzene rings is 3. The van der Waals surface area contributed by atoms with Crippen LogP contribution in [0.2, 0.25) is 0 Å². The van der Waals surface area contributed by atoms with Gasteiger partial charge in [0.2, 0.25) is 0 Å². The number of rotatable bonds is 6. The summed E-state index contributed by atoms with van der Waals surface area (Å²) in [6.45, 7) is 4.70. The molecule has 3 aromatic carbocycles. The van der Waals surface area contributed by atoms with Crippen molar-refractivity contribution < 1.29 is 13.6 Å². The molecule has 31 heavy (non-hydrogen) atoms. The first kappa shape index (κ1) is 20.7. The largest absolute Gasteiger partial charge is 0.331 e. The van der Waals surface area contributed by atoms with Gasteiger partial charge in [-0.15, -0.1) is 0 Å². The molecule has 0 atom stereocenters. The third-order valence-electron chi connectivity index (χ3n) is 5.02. The first-order valence-corrected chi connectivity index (χ1v) is 10.2. The number of imidazole rings is 1.